The molecule has 2 aliphatic carbocycles. The van der Waals surface area contributed by atoms with Gasteiger partial charge in [0.15, 0.2) is 0 Å². The Bertz CT molecular complexity index is 533. The van der Waals surface area contributed by atoms with Gasteiger partial charge in [0.05, 0.1) is 5.56 Å². The van der Waals surface area contributed by atoms with Crippen LogP contribution in [-0.4, -0.2) is 24.4 Å². The predicted molar refractivity (Wildman–Crippen MR) is 80.0 cm³/mol. The SMILES string of the molecule is CN(CC1CC2CCC1C2)C(=O)c1ccc(Br)cc1F. The average Bonchev–Trinajstić information content (AvgIpc) is 3.00. The Labute approximate surface area is 127 Å². The number of hydrogen-bond acceptors (Lipinski definition) is 1. The number of carbonyl (C=O) groups is 1. The van der Waals surface area contributed by atoms with E-state index in [0.717, 1.165) is 18.4 Å². The Morgan fingerprint density at radius 2 is 2.20 bits per heavy atom. The summed E-state index contributed by atoms with van der Waals surface area (Å²) in [6.45, 7) is 0.759. The van der Waals surface area contributed by atoms with E-state index in [1.165, 1.54) is 31.7 Å². The van der Waals surface area contributed by atoms with Gasteiger partial charge in [0, 0.05) is 18.1 Å². The minimum Gasteiger partial charge on any atom is -0.341 e. The number of benzene rings is 1. The van der Waals surface area contributed by atoms with Gasteiger partial charge in [0.2, 0.25) is 0 Å². The van der Waals surface area contributed by atoms with Gasteiger partial charge >= 0.3 is 0 Å². The third-order valence-corrected chi connectivity index (χ3v) is 5.39. The molecule has 2 nitrogen and oxygen atoms in total. The van der Waals surface area contributed by atoms with Crippen LogP contribution in [0.4, 0.5) is 4.39 Å². The monoisotopic (exact) mass is 339 g/mol. The Balaban J connectivity index is 1.67. The quantitative estimate of drug-likeness (QED) is 0.811. The molecule has 2 aliphatic rings. The van der Waals surface area contributed by atoms with Crippen molar-refractivity contribution in [2.75, 3.05) is 13.6 Å². The summed E-state index contributed by atoms with van der Waals surface area (Å²) in [5.41, 5.74) is 0.166. The summed E-state index contributed by atoms with van der Waals surface area (Å²) >= 11 is 3.21. The largest absolute Gasteiger partial charge is 0.341 e. The van der Waals surface area contributed by atoms with Crippen LogP contribution in [0.2, 0.25) is 0 Å². The molecule has 0 heterocycles. The Kier molecular flexibility index (Phi) is 3.85. The molecule has 20 heavy (non-hydrogen) atoms. The third-order valence-electron chi connectivity index (χ3n) is 4.90. The zero-order valence-electron chi connectivity index (χ0n) is 11.6. The highest BCUT2D eigenvalue weighted by Crippen LogP contribution is 2.48. The zero-order chi connectivity index (χ0) is 14.3. The summed E-state index contributed by atoms with van der Waals surface area (Å²) in [6, 6.07) is 4.61. The molecule has 0 aliphatic heterocycles. The maximum absolute atomic E-state index is 13.8. The van der Waals surface area contributed by atoms with E-state index in [1.54, 1.807) is 24.1 Å². The first-order valence-electron chi connectivity index (χ1n) is 7.25. The maximum atomic E-state index is 13.8. The lowest BCUT2D eigenvalue weighted by atomic mass is 9.88. The van der Waals surface area contributed by atoms with Gasteiger partial charge in [-0.2, -0.15) is 0 Å². The lowest BCUT2D eigenvalue weighted by Gasteiger charge is -2.27. The van der Waals surface area contributed by atoms with Crippen LogP contribution >= 0.6 is 15.9 Å². The van der Waals surface area contributed by atoms with E-state index in [2.05, 4.69) is 15.9 Å². The van der Waals surface area contributed by atoms with E-state index < -0.39 is 5.82 Å². The predicted octanol–water partition coefficient (Wildman–Crippen LogP) is 4.10. The van der Waals surface area contributed by atoms with E-state index in [1.807, 2.05) is 0 Å². The first-order valence-corrected chi connectivity index (χ1v) is 8.04. The highest BCUT2D eigenvalue weighted by Gasteiger charge is 2.40. The molecule has 0 aromatic heterocycles. The van der Waals surface area contributed by atoms with Crippen molar-refractivity contribution in [1.82, 2.24) is 4.90 Å². The molecule has 1 aromatic rings. The topological polar surface area (TPSA) is 20.3 Å². The van der Waals surface area contributed by atoms with Crippen LogP contribution in [0.1, 0.15) is 36.0 Å². The molecule has 108 valence electrons. The third kappa shape index (κ3) is 2.62. The van der Waals surface area contributed by atoms with E-state index in [9.17, 15) is 9.18 Å². The Hall–Kier alpha value is -0.900. The lowest BCUT2D eigenvalue weighted by Crippen LogP contribution is -2.34. The molecule has 4 heteroatoms. The first kappa shape index (κ1) is 14.1. The van der Waals surface area contributed by atoms with Gasteiger partial charge in [-0.15, -0.1) is 0 Å². The molecule has 0 N–H and O–H groups in total. The second-order valence-corrected chi connectivity index (χ2v) is 7.16. The van der Waals surface area contributed by atoms with Crippen LogP contribution in [-0.2, 0) is 0 Å². The van der Waals surface area contributed by atoms with Gasteiger partial charge < -0.3 is 4.90 Å². The summed E-state index contributed by atoms with van der Waals surface area (Å²) in [4.78, 5) is 14.0. The van der Waals surface area contributed by atoms with Crippen LogP contribution < -0.4 is 0 Å². The zero-order valence-corrected chi connectivity index (χ0v) is 13.2. The van der Waals surface area contributed by atoms with Crippen molar-refractivity contribution in [3.05, 3.63) is 34.1 Å². The molecule has 3 unspecified atom stereocenters. The normalized spacial score (nSPS) is 27.9. The van der Waals surface area contributed by atoms with Crippen LogP contribution in [0.25, 0.3) is 0 Å². The fourth-order valence-corrected chi connectivity index (χ4v) is 4.24. The fraction of sp³-hybridized carbons (Fsp3) is 0.562. The number of amides is 1. The van der Waals surface area contributed by atoms with Crippen LogP contribution in [0, 0.1) is 23.6 Å². The highest BCUT2D eigenvalue weighted by molar-refractivity contribution is 9.10. The van der Waals surface area contributed by atoms with Crippen LogP contribution in [0.3, 0.4) is 0 Å². The van der Waals surface area contributed by atoms with Crippen molar-refractivity contribution in [2.45, 2.75) is 25.7 Å². The maximum Gasteiger partial charge on any atom is 0.256 e. The van der Waals surface area contributed by atoms with E-state index in [-0.39, 0.29) is 11.5 Å². The van der Waals surface area contributed by atoms with Crippen molar-refractivity contribution in [3.8, 4) is 0 Å². The summed E-state index contributed by atoms with van der Waals surface area (Å²) < 4.78 is 14.5. The molecule has 3 atom stereocenters. The van der Waals surface area contributed by atoms with E-state index in [4.69, 9.17) is 0 Å². The summed E-state index contributed by atoms with van der Waals surface area (Å²) in [5.74, 6) is 1.60. The standard InChI is InChI=1S/C16H19BrFNO/c1-19(9-12-7-10-2-3-11(12)6-10)16(20)14-5-4-13(17)8-15(14)18/h4-5,8,10-12H,2-3,6-7,9H2,1H3. The van der Waals surface area contributed by atoms with Crippen LogP contribution in [0.15, 0.2) is 22.7 Å². The second-order valence-electron chi connectivity index (χ2n) is 6.24. The Morgan fingerprint density at radius 3 is 2.80 bits per heavy atom. The molecule has 0 spiro atoms. The molecule has 0 saturated heterocycles. The van der Waals surface area contributed by atoms with Crippen molar-refractivity contribution in [3.63, 3.8) is 0 Å². The Morgan fingerprint density at radius 1 is 1.40 bits per heavy atom. The van der Waals surface area contributed by atoms with Gasteiger partial charge in [-0.1, -0.05) is 22.4 Å². The van der Waals surface area contributed by atoms with Crippen molar-refractivity contribution in [2.24, 2.45) is 17.8 Å². The molecule has 2 saturated carbocycles. The molecule has 1 aromatic carbocycles. The fourth-order valence-electron chi connectivity index (χ4n) is 3.90. The number of fused-ring (bicyclic) bond motifs is 2. The van der Waals surface area contributed by atoms with Gasteiger partial charge in [0.25, 0.3) is 5.91 Å². The summed E-state index contributed by atoms with van der Waals surface area (Å²) in [7, 11) is 1.79. The molecule has 2 fully saturated rings. The molecular formula is C16H19BrFNO. The molecule has 0 radical (unpaired) electrons. The second kappa shape index (κ2) is 5.47. The van der Waals surface area contributed by atoms with E-state index in [0.29, 0.717) is 10.4 Å². The lowest BCUT2D eigenvalue weighted by molar-refractivity contribution is 0.0749. The summed E-state index contributed by atoms with van der Waals surface area (Å²) in [6.07, 6.45) is 5.24. The van der Waals surface area contributed by atoms with Crippen molar-refractivity contribution < 1.29 is 9.18 Å². The van der Waals surface area contributed by atoms with Gasteiger partial charge in [-0.3, -0.25) is 4.79 Å². The minimum absolute atomic E-state index is 0.166. The van der Waals surface area contributed by atoms with Crippen LogP contribution in [0.5, 0.6) is 0 Å². The molecule has 1 amide bonds. The number of nitrogens with zero attached hydrogens (tertiary/aromatic N) is 1. The minimum atomic E-state index is -0.454. The average molecular weight is 340 g/mol. The first-order chi connectivity index (χ1) is 9.54. The molecule has 3 rings (SSSR count). The number of rotatable bonds is 3. The van der Waals surface area contributed by atoms with Gasteiger partial charge in [0.1, 0.15) is 5.82 Å². The van der Waals surface area contributed by atoms with E-state index >= 15 is 0 Å². The van der Waals surface area contributed by atoms with Gasteiger partial charge in [-0.05, 0) is 55.2 Å². The smallest absolute Gasteiger partial charge is 0.256 e. The van der Waals surface area contributed by atoms with Gasteiger partial charge in [-0.25, -0.2) is 4.39 Å². The molecular weight excluding hydrogens is 321 g/mol. The highest BCUT2D eigenvalue weighted by atomic mass is 79.9. The van der Waals surface area contributed by atoms with Crippen molar-refractivity contribution in [1.29, 1.82) is 0 Å². The summed E-state index contributed by atoms with van der Waals surface area (Å²) in [5, 5.41) is 0. The number of carbonyl (C=O) groups excluding carboxylic acids is 1. The number of hydrogen-bond donors (Lipinski definition) is 0. The number of halogens is 2. The molecule has 2 bridgehead atoms. The van der Waals surface area contributed by atoms with Crippen molar-refractivity contribution >= 4 is 21.8 Å².